The Morgan fingerprint density at radius 3 is 2.67 bits per heavy atom. The molecular weight excluding hydrogens is 439 g/mol. The Kier molecular flexibility index (Phi) is 6.03. The summed E-state index contributed by atoms with van der Waals surface area (Å²) in [6, 6.07) is 9.06. The van der Waals surface area contributed by atoms with Crippen molar-refractivity contribution in [2.45, 2.75) is 39.4 Å². The van der Waals surface area contributed by atoms with Crippen LogP contribution in [0.2, 0.25) is 0 Å². The Hall–Kier alpha value is -3.89. The van der Waals surface area contributed by atoms with Gasteiger partial charge in [0.2, 0.25) is 17.6 Å². The molecule has 0 bridgehead atoms. The minimum Gasteiger partial charge on any atom is -0.461 e. The van der Waals surface area contributed by atoms with Gasteiger partial charge in [-0.05, 0) is 49.7 Å². The highest BCUT2D eigenvalue weighted by molar-refractivity contribution is 5.76. The molecule has 0 spiro atoms. The van der Waals surface area contributed by atoms with Crippen LogP contribution in [0.15, 0.2) is 51.6 Å². The van der Waals surface area contributed by atoms with E-state index >= 15 is 0 Å². The van der Waals surface area contributed by atoms with Crippen molar-refractivity contribution in [1.29, 1.82) is 0 Å². The molecule has 0 fully saturated rings. The van der Waals surface area contributed by atoms with Crippen LogP contribution in [-0.2, 0) is 23.9 Å². The molecule has 8 nitrogen and oxygen atoms in total. The Balaban J connectivity index is 1.41. The average Bonchev–Trinajstić information content (AvgIpc) is 3.51. The zero-order valence-corrected chi connectivity index (χ0v) is 17.8. The number of hydrogen-bond acceptors (Lipinski definition) is 6. The van der Waals surface area contributed by atoms with Crippen LogP contribution in [0, 0.1) is 13.8 Å². The fraction of sp³-hybridized carbons (Fsp3) is 0.273. The molecule has 0 unspecified atom stereocenters. The molecule has 0 aliphatic rings. The van der Waals surface area contributed by atoms with Crippen LogP contribution in [0.5, 0.6) is 0 Å². The van der Waals surface area contributed by atoms with E-state index in [9.17, 15) is 18.0 Å². The molecule has 11 heteroatoms. The summed E-state index contributed by atoms with van der Waals surface area (Å²) in [5.74, 6) is 0.469. The maximum Gasteiger partial charge on any atom is 0.416 e. The topological polar surface area (TPSA) is 99.0 Å². The predicted octanol–water partition coefficient (Wildman–Crippen LogP) is 4.40. The third-order valence-corrected chi connectivity index (χ3v) is 4.90. The quantitative estimate of drug-likeness (QED) is 0.440. The summed E-state index contributed by atoms with van der Waals surface area (Å²) >= 11 is 0. The van der Waals surface area contributed by atoms with Crippen LogP contribution in [0.4, 0.5) is 13.2 Å². The fourth-order valence-electron chi connectivity index (χ4n) is 3.37. The monoisotopic (exact) mass is 459 g/mol. The lowest BCUT2D eigenvalue weighted by Crippen LogP contribution is -2.25. The van der Waals surface area contributed by atoms with Gasteiger partial charge in [-0.15, -0.1) is 0 Å². The van der Waals surface area contributed by atoms with Gasteiger partial charge in [-0.2, -0.15) is 23.3 Å². The molecule has 4 aromatic rings. The van der Waals surface area contributed by atoms with E-state index in [1.165, 1.54) is 17.0 Å². The largest absolute Gasteiger partial charge is 0.461 e. The number of carbonyl (C=O) groups is 1. The summed E-state index contributed by atoms with van der Waals surface area (Å²) in [4.78, 5) is 16.3. The predicted molar refractivity (Wildman–Crippen MR) is 110 cm³/mol. The van der Waals surface area contributed by atoms with Gasteiger partial charge in [-0.3, -0.25) is 4.79 Å². The molecule has 1 amide bonds. The zero-order chi connectivity index (χ0) is 23.6. The summed E-state index contributed by atoms with van der Waals surface area (Å²) < 4.78 is 52.7. The van der Waals surface area contributed by atoms with Crippen LogP contribution >= 0.6 is 0 Å². The van der Waals surface area contributed by atoms with Crippen LogP contribution in [-0.4, -0.2) is 25.8 Å². The van der Waals surface area contributed by atoms with Crippen LogP contribution in [0.1, 0.15) is 34.8 Å². The maximum atomic E-state index is 13.7. The number of hydrogen-bond donors (Lipinski definition) is 1. The molecule has 172 valence electrons. The molecule has 3 heterocycles. The molecule has 3 aromatic heterocycles. The summed E-state index contributed by atoms with van der Waals surface area (Å²) in [5, 5.41) is 10.5. The van der Waals surface area contributed by atoms with E-state index in [2.05, 4.69) is 20.6 Å². The standard InChI is InChI=1S/C22H20F3N5O3/c1-13-10-14(2)30(28-13)16-6-5-15(17(11-16)22(23,24)25)12-26-19(31)7-8-20-27-21(29-33-20)18-4-3-9-32-18/h3-6,9-11H,7-8,12H2,1-2H3,(H,26,31). The van der Waals surface area contributed by atoms with Gasteiger partial charge in [0.25, 0.3) is 0 Å². The first-order valence-electron chi connectivity index (χ1n) is 10.1. The minimum atomic E-state index is -4.59. The van der Waals surface area contributed by atoms with E-state index in [1.54, 1.807) is 38.1 Å². The number of aryl methyl sites for hydroxylation is 3. The van der Waals surface area contributed by atoms with Crippen molar-refractivity contribution in [2.24, 2.45) is 0 Å². The SMILES string of the molecule is Cc1cc(C)n(-c2ccc(CNC(=O)CCc3nc(-c4ccco4)no3)c(C(F)(F)F)c2)n1. The number of benzene rings is 1. The van der Waals surface area contributed by atoms with Crippen molar-refractivity contribution in [2.75, 3.05) is 0 Å². The van der Waals surface area contributed by atoms with Crippen molar-refractivity contribution in [3.05, 3.63) is 71.1 Å². The first-order chi connectivity index (χ1) is 15.7. The van der Waals surface area contributed by atoms with Crippen molar-refractivity contribution < 1.29 is 26.9 Å². The molecule has 0 radical (unpaired) electrons. The summed E-state index contributed by atoms with van der Waals surface area (Å²) in [6.45, 7) is 3.26. The van der Waals surface area contributed by atoms with Gasteiger partial charge in [0, 0.05) is 25.1 Å². The Labute approximate surface area is 186 Å². The number of amides is 1. The summed E-state index contributed by atoms with van der Waals surface area (Å²) in [5.41, 5.74) is 0.853. The maximum absolute atomic E-state index is 13.7. The Morgan fingerprint density at radius 1 is 1.18 bits per heavy atom. The molecule has 4 rings (SSSR count). The molecular formula is C22H20F3N5O3. The van der Waals surface area contributed by atoms with Gasteiger partial charge in [0.05, 0.1) is 23.2 Å². The fourth-order valence-corrected chi connectivity index (χ4v) is 3.37. The van der Waals surface area contributed by atoms with Crippen molar-refractivity contribution in [3.63, 3.8) is 0 Å². The number of nitrogens with zero attached hydrogens (tertiary/aromatic N) is 4. The minimum absolute atomic E-state index is 0.0228. The smallest absolute Gasteiger partial charge is 0.416 e. The van der Waals surface area contributed by atoms with E-state index in [1.807, 2.05) is 0 Å². The molecule has 1 N–H and O–H groups in total. The van der Waals surface area contributed by atoms with E-state index in [4.69, 9.17) is 8.94 Å². The number of nitrogens with one attached hydrogen (secondary N) is 1. The molecule has 0 aliphatic carbocycles. The highest BCUT2D eigenvalue weighted by atomic mass is 19.4. The first kappa shape index (κ1) is 22.3. The van der Waals surface area contributed by atoms with Gasteiger partial charge >= 0.3 is 6.18 Å². The van der Waals surface area contributed by atoms with Crippen molar-refractivity contribution in [3.8, 4) is 17.3 Å². The highest BCUT2D eigenvalue weighted by Gasteiger charge is 2.34. The average molecular weight is 459 g/mol. The Bertz CT molecular complexity index is 1260. The number of rotatable bonds is 7. The highest BCUT2D eigenvalue weighted by Crippen LogP contribution is 2.33. The van der Waals surface area contributed by atoms with E-state index in [0.29, 0.717) is 17.1 Å². The number of carbonyl (C=O) groups excluding carboxylic acids is 1. The molecule has 1 aromatic carbocycles. The number of furan rings is 1. The lowest BCUT2D eigenvalue weighted by molar-refractivity contribution is -0.138. The van der Waals surface area contributed by atoms with Crippen molar-refractivity contribution in [1.82, 2.24) is 25.2 Å². The number of halogens is 3. The zero-order valence-electron chi connectivity index (χ0n) is 17.8. The number of aromatic nitrogens is 4. The van der Waals surface area contributed by atoms with Crippen LogP contribution < -0.4 is 5.32 Å². The second kappa shape index (κ2) is 8.93. The van der Waals surface area contributed by atoms with E-state index < -0.39 is 17.6 Å². The molecule has 0 atom stereocenters. The number of alkyl halides is 3. The normalized spacial score (nSPS) is 11.7. The van der Waals surface area contributed by atoms with Gasteiger partial charge in [0.1, 0.15) is 0 Å². The van der Waals surface area contributed by atoms with Crippen LogP contribution in [0.3, 0.4) is 0 Å². The lowest BCUT2D eigenvalue weighted by Gasteiger charge is -2.16. The van der Waals surface area contributed by atoms with E-state index in [-0.39, 0.29) is 36.7 Å². The van der Waals surface area contributed by atoms with Gasteiger partial charge in [0.15, 0.2) is 5.76 Å². The molecule has 0 saturated carbocycles. The van der Waals surface area contributed by atoms with E-state index in [0.717, 1.165) is 11.8 Å². The summed E-state index contributed by atoms with van der Waals surface area (Å²) in [6.07, 6.45) is -3.00. The lowest BCUT2D eigenvalue weighted by atomic mass is 10.1. The second-order valence-corrected chi connectivity index (χ2v) is 7.44. The van der Waals surface area contributed by atoms with Crippen LogP contribution in [0.25, 0.3) is 17.3 Å². The van der Waals surface area contributed by atoms with Crippen molar-refractivity contribution >= 4 is 5.91 Å². The second-order valence-electron chi connectivity index (χ2n) is 7.44. The summed E-state index contributed by atoms with van der Waals surface area (Å²) in [7, 11) is 0. The molecule has 0 saturated heterocycles. The third-order valence-electron chi connectivity index (χ3n) is 4.90. The van der Waals surface area contributed by atoms with Gasteiger partial charge in [-0.1, -0.05) is 11.2 Å². The van der Waals surface area contributed by atoms with Gasteiger partial charge in [-0.25, -0.2) is 4.68 Å². The Morgan fingerprint density at radius 2 is 2.00 bits per heavy atom. The van der Waals surface area contributed by atoms with Gasteiger partial charge < -0.3 is 14.3 Å². The molecule has 0 aliphatic heterocycles. The first-order valence-corrected chi connectivity index (χ1v) is 10.1. The molecule has 33 heavy (non-hydrogen) atoms. The third kappa shape index (κ3) is 5.13.